The van der Waals surface area contributed by atoms with Crippen LogP contribution in [0.15, 0.2) is 0 Å². The van der Waals surface area contributed by atoms with Gasteiger partial charge in [-0.05, 0) is 30.1 Å². The fourth-order valence-corrected chi connectivity index (χ4v) is 4.21. The van der Waals surface area contributed by atoms with Crippen LogP contribution in [0, 0.1) is 29.1 Å². The van der Waals surface area contributed by atoms with Crippen molar-refractivity contribution in [3.8, 4) is 0 Å². The van der Waals surface area contributed by atoms with Crippen molar-refractivity contribution < 1.29 is 9.59 Å². The van der Waals surface area contributed by atoms with Crippen molar-refractivity contribution in [2.24, 2.45) is 29.1 Å². The molecule has 0 radical (unpaired) electrons. The molecule has 2 saturated carbocycles. The number of hydrogen-bond acceptors (Lipinski definition) is 2. The normalized spacial score (nSPS) is 42.8. The first kappa shape index (κ1) is 12.8. The lowest BCUT2D eigenvalue weighted by Crippen LogP contribution is -2.42. The molecule has 1 spiro atoms. The van der Waals surface area contributed by atoms with E-state index in [1.54, 1.807) is 0 Å². The van der Waals surface area contributed by atoms with E-state index in [2.05, 4.69) is 20.8 Å². The Morgan fingerprint density at radius 1 is 1.18 bits per heavy atom. The van der Waals surface area contributed by atoms with Crippen molar-refractivity contribution in [3.05, 3.63) is 0 Å². The summed E-state index contributed by atoms with van der Waals surface area (Å²) in [5, 5.41) is 0. The second-order valence-corrected chi connectivity index (χ2v) is 6.61. The maximum absolute atomic E-state index is 12.2. The largest absolute Gasteiger partial charge is 0.299 e. The minimum absolute atomic E-state index is 0.00512. The Bertz CT molecular complexity index is 345. The fraction of sp³-hybridized carbons (Fsp3) is 0.867. The Hall–Kier alpha value is -0.660. The zero-order valence-corrected chi connectivity index (χ0v) is 11.5. The molecule has 4 atom stereocenters. The van der Waals surface area contributed by atoms with E-state index < -0.39 is 0 Å². The second-order valence-electron chi connectivity index (χ2n) is 6.61. The lowest BCUT2D eigenvalue weighted by Gasteiger charge is -2.44. The van der Waals surface area contributed by atoms with E-state index in [0.717, 1.165) is 12.8 Å². The molecule has 2 nitrogen and oxygen atoms in total. The molecule has 17 heavy (non-hydrogen) atoms. The molecule has 2 fully saturated rings. The summed E-state index contributed by atoms with van der Waals surface area (Å²) in [6.07, 6.45) is 3.36. The van der Waals surface area contributed by atoms with Crippen LogP contribution in [0.2, 0.25) is 0 Å². The van der Waals surface area contributed by atoms with Crippen molar-refractivity contribution >= 4 is 11.6 Å². The highest BCUT2D eigenvalue weighted by Gasteiger charge is 2.55. The Balaban J connectivity index is 2.33. The smallest absolute Gasteiger partial charge is 0.137 e. The number of ketones is 2. The van der Waals surface area contributed by atoms with Gasteiger partial charge in [-0.25, -0.2) is 0 Å². The van der Waals surface area contributed by atoms with Gasteiger partial charge in [0.1, 0.15) is 11.6 Å². The molecule has 0 saturated heterocycles. The molecule has 2 aliphatic carbocycles. The predicted octanol–water partition coefficient (Wildman–Crippen LogP) is 3.24. The molecule has 0 heterocycles. The molecule has 0 bridgehead atoms. The molecule has 0 aromatic carbocycles. The van der Waals surface area contributed by atoms with Gasteiger partial charge in [-0.3, -0.25) is 9.59 Å². The van der Waals surface area contributed by atoms with Crippen molar-refractivity contribution in [2.45, 2.75) is 53.4 Å². The van der Waals surface area contributed by atoms with E-state index in [0.29, 0.717) is 36.2 Å². The molecular weight excluding hydrogens is 212 g/mol. The van der Waals surface area contributed by atoms with E-state index in [9.17, 15) is 9.59 Å². The van der Waals surface area contributed by atoms with Crippen LogP contribution >= 0.6 is 0 Å². The summed E-state index contributed by atoms with van der Waals surface area (Å²) in [7, 11) is 0. The van der Waals surface area contributed by atoms with Crippen LogP contribution in [0.4, 0.5) is 0 Å². The Kier molecular flexibility index (Phi) is 3.17. The van der Waals surface area contributed by atoms with Crippen molar-refractivity contribution in [1.29, 1.82) is 0 Å². The Morgan fingerprint density at radius 3 is 2.35 bits per heavy atom. The van der Waals surface area contributed by atoms with E-state index in [4.69, 9.17) is 0 Å². The summed E-state index contributed by atoms with van der Waals surface area (Å²) in [6.45, 7) is 8.46. The molecule has 0 aliphatic heterocycles. The van der Waals surface area contributed by atoms with Gasteiger partial charge < -0.3 is 0 Å². The van der Waals surface area contributed by atoms with Gasteiger partial charge in [0, 0.05) is 24.7 Å². The molecule has 0 aromatic rings. The molecule has 2 rings (SSSR count). The van der Waals surface area contributed by atoms with E-state index in [1.807, 2.05) is 6.92 Å². The van der Waals surface area contributed by atoms with Crippen LogP contribution in [-0.4, -0.2) is 11.6 Å². The van der Waals surface area contributed by atoms with Crippen LogP contribution in [0.1, 0.15) is 53.4 Å². The maximum Gasteiger partial charge on any atom is 0.137 e. The van der Waals surface area contributed by atoms with Crippen LogP contribution in [0.3, 0.4) is 0 Å². The standard InChI is InChI=1S/C15H24O2/c1-9(2)14-12(16)7-11(4)15(14)6-5-10(3)13(17)8-15/h9-11,14H,5-8H2,1-4H3/t10?,11-,14?,15-/m0/s1. The van der Waals surface area contributed by atoms with Gasteiger partial charge in [-0.15, -0.1) is 0 Å². The van der Waals surface area contributed by atoms with Gasteiger partial charge in [0.05, 0.1) is 0 Å². The molecule has 0 amide bonds. The summed E-state index contributed by atoms with van der Waals surface area (Å²) in [5.41, 5.74) is -0.00512. The molecular formula is C15H24O2. The number of Topliss-reactive ketones (excluding diaryl/α,β-unsaturated/α-hetero) is 2. The average Bonchev–Trinajstić information content (AvgIpc) is 2.45. The monoisotopic (exact) mass is 236 g/mol. The summed E-state index contributed by atoms with van der Waals surface area (Å²) in [4.78, 5) is 24.2. The molecule has 0 aromatic heterocycles. The van der Waals surface area contributed by atoms with Crippen molar-refractivity contribution in [2.75, 3.05) is 0 Å². The Morgan fingerprint density at radius 2 is 1.82 bits per heavy atom. The van der Waals surface area contributed by atoms with Crippen LogP contribution in [-0.2, 0) is 9.59 Å². The molecule has 96 valence electrons. The molecule has 2 unspecified atom stereocenters. The highest BCUT2D eigenvalue weighted by Crippen LogP contribution is 2.56. The van der Waals surface area contributed by atoms with E-state index >= 15 is 0 Å². The predicted molar refractivity (Wildman–Crippen MR) is 67.6 cm³/mol. The number of rotatable bonds is 1. The minimum atomic E-state index is -0.00512. The van der Waals surface area contributed by atoms with Crippen molar-refractivity contribution in [1.82, 2.24) is 0 Å². The minimum Gasteiger partial charge on any atom is -0.299 e. The Labute approximate surface area is 104 Å². The van der Waals surface area contributed by atoms with Crippen LogP contribution in [0.5, 0.6) is 0 Å². The van der Waals surface area contributed by atoms with Crippen LogP contribution < -0.4 is 0 Å². The lowest BCUT2D eigenvalue weighted by atomic mass is 9.59. The van der Waals surface area contributed by atoms with Crippen LogP contribution in [0.25, 0.3) is 0 Å². The van der Waals surface area contributed by atoms with Gasteiger partial charge in [-0.1, -0.05) is 27.7 Å². The topological polar surface area (TPSA) is 34.1 Å². The third kappa shape index (κ3) is 1.86. The van der Waals surface area contributed by atoms with E-state index in [-0.39, 0.29) is 17.3 Å². The SMILES string of the molecule is CC1CC[C@@]2(CC1=O)C(C(C)C)C(=O)C[C@@H]2C. The second kappa shape index (κ2) is 4.22. The first-order chi connectivity index (χ1) is 7.88. The van der Waals surface area contributed by atoms with E-state index in [1.165, 1.54) is 0 Å². The number of carbonyl (C=O) groups excluding carboxylic acids is 2. The highest BCUT2D eigenvalue weighted by molar-refractivity contribution is 5.88. The summed E-state index contributed by atoms with van der Waals surface area (Å²) in [5.74, 6) is 1.86. The first-order valence-corrected chi connectivity index (χ1v) is 6.94. The first-order valence-electron chi connectivity index (χ1n) is 6.94. The molecule has 2 aliphatic rings. The lowest BCUT2D eigenvalue weighted by molar-refractivity contribution is -0.133. The van der Waals surface area contributed by atoms with Gasteiger partial charge in [-0.2, -0.15) is 0 Å². The summed E-state index contributed by atoms with van der Waals surface area (Å²) < 4.78 is 0. The summed E-state index contributed by atoms with van der Waals surface area (Å²) in [6, 6.07) is 0. The van der Waals surface area contributed by atoms with Gasteiger partial charge in [0.2, 0.25) is 0 Å². The van der Waals surface area contributed by atoms with Gasteiger partial charge >= 0.3 is 0 Å². The zero-order chi connectivity index (χ0) is 12.8. The highest BCUT2D eigenvalue weighted by atomic mass is 16.1. The van der Waals surface area contributed by atoms with Gasteiger partial charge in [0.15, 0.2) is 0 Å². The fourth-order valence-electron chi connectivity index (χ4n) is 4.21. The average molecular weight is 236 g/mol. The number of carbonyl (C=O) groups is 2. The maximum atomic E-state index is 12.2. The molecule has 0 N–H and O–H groups in total. The third-order valence-electron chi connectivity index (χ3n) is 5.22. The third-order valence-corrected chi connectivity index (χ3v) is 5.22. The zero-order valence-electron chi connectivity index (χ0n) is 11.5. The quantitative estimate of drug-likeness (QED) is 0.700. The molecule has 2 heteroatoms. The van der Waals surface area contributed by atoms with Crippen molar-refractivity contribution in [3.63, 3.8) is 0 Å². The van der Waals surface area contributed by atoms with Gasteiger partial charge in [0.25, 0.3) is 0 Å². The number of hydrogen-bond donors (Lipinski definition) is 0. The summed E-state index contributed by atoms with van der Waals surface area (Å²) >= 11 is 0.